The number of benzene rings is 7. The largest absolute Gasteiger partial charge is 0.506 e. The maximum Gasteiger partial charge on any atom is 0.198 e. The van der Waals surface area contributed by atoms with Gasteiger partial charge in [-0.2, -0.15) is 0 Å². The fourth-order valence-electron chi connectivity index (χ4n) is 11.9. The number of anilines is 2. The lowest BCUT2D eigenvalue weighted by Gasteiger charge is -2.42. The van der Waals surface area contributed by atoms with Gasteiger partial charge in [0.2, 0.25) is 0 Å². The molecule has 0 saturated heterocycles. The first-order valence-electron chi connectivity index (χ1n) is 24.0. The normalized spacial score (nSPS) is 23.2. The molecule has 0 aromatic heterocycles. The third kappa shape index (κ3) is 6.94. The van der Waals surface area contributed by atoms with Crippen LogP contribution in [0.5, 0.6) is 0 Å². The number of allylic oxidation sites excluding steroid dienone is 7. The quantitative estimate of drug-likeness (QED) is 0.0982. The van der Waals surface area contributed by atoms with Crippen LogP contribution in [-0.2, 0) is 12.0 Å². The molecular weight excluding hydrogens is 883 g/mol. The monoisotopic (exact) mass is 933 g/mol. The van der Waals surface area contributed by atoms with Gasteiger partial charge in [0.1, 0.15) is 12.2 Å². The first-order chi connectivity index (χ1) is 34.2. The van der Waals surface area contributed by atoms with E-state index in [2.05, 4.69) is 164 Å². The van der Waals surface area contributed by atoms with Gasteiger partial charge in [0.25, 0.3) is 0 Å². The highest BCUT2D eigenvalue weighted by atomic mass is 32.2. The molecule has 12 rings (SSSR count). The third-order valence-electron chi connectivity index (χ3n) is 15.2. The van der Waals surface area contributed by atoms with Crippen molar-refractivity contribution in [1.82, 2.24) is 0 Å². The molecule has 5 aliphatic rings. The van der Waals surface area contributed by atoms with E-state index in [9.17, 15) is 25.5 Å². The average molecular weight is 934 g/mol. The van der Waals surface area contributed by atoms with Crippen LogP contribution in [0.15, 0.2) is 245 Å². The number of fused-ring (bicyclic) bond motifs is 6. The summed E-state index contributed by atoms with van der Waals surface area (Å²) in [6, 6.07) is 61.4. The summed E-state index contributed by atoms with van der Waals surface area (Å²) in [6.45, 7) is 2.84. The zero-order chi connectivity index (χ0) is 47.7. The Kier molecular flexibility index (Phi) is 10.9. The molecular formula is C63H51NO5S. The van der Waals surface area contributed by atoms with E-state index in [1.54, 1.807) is 0 Å². The Balaban J connectivity index is 0.932. The number of aliphatic hydroxyl groups is 5. The minimum absolute atomic E-state index is 0.0177. The predicted octanol–water partition coefficient (Wildman–Crippen LogP) is 13.9. The van der Waals surface area contributed by atoms with E-state index < -0.39 is 34.9 Å². The van der Waals surface area contributed by atoms with Gasteiger partial charge < -0.3 is 30.4 Å². The van der Waals surface area contributed by atoms with Crippen molar-refractivity contribution in [2.45, 2.75) is 53.6 Å². The fourth-order valence-corrected chi connectivity index (χ4v) is 13.4. The Morgan fingerprint density at radius 2 is 1.31 bits per heavy atom. The first-order valence-corrected chi connectivity index (χ1v) is 24.9. The van der Waals surface area contributed by atoms with Crippen LogP contribution < -0.4 is 4.90 Å². The highest BCUT2D eigenvalue weighted by Crippen LogP contribution is 2.63. The molecule has 6 atom stereocenters. The van der Waals surface area contributed by atoms with Crippen LogP contribution in [0.2, 0.25) is 0 Å². The zero-order valence-electron chi connectivity index (χ0n) is 38.5. The fraction of sp³-hybridized carbons (Fsp3) is 0.143. The number of rotatable bonds is 9. The molecule has 0 spiro atoms. The molecule has 0 fully saturated rings. The summed E-state index contributed by atoms with van der Waals surface area (Å²) in [4.78, 5) is 3.65. The van der Waals surface area contributed by atoms with Crippen LogP contribution in [0.1, 0.15) is 45.7 Å². The number of hydrogen-bond donors (Lipinski definition) is 5. The maximum atomic E-state index is 11.9. The third-order valence-corrected chi connectivity index (χ3v) is 16.6. The molecule has 5 N–H and O–H groups in total. The second-order valence-electron chi connectivity index (χ2n) is 18.9. The van der Waals surface area contributed by atoms with Crippen molar-refractivity contribution in [3.63, 3.8) is 0 Å². The summed E-state index contributed by atoms with van der Waals surface area (Å²) >= 11 is 1.89. The minimum atomic E-state index is -1.84. The Bertz CT molecular complexity index is 3400. The topological polar surface area (TPSA) is 104 Å². The lowest BCUT2D eigenvalue weighted by Crippen LogP contribution is -2.45. The minimum Gasteiger partial charge on any atom is -0.506 e. The Morgan fingerprint density at radius 1 is 0.643 bits per heavy atom. The summed E-state index contributed by atoms with van der Waals surface area (Å²) in [5.41, 5.74) is 15.4. The van der Waals surface area contributed by atoms with Crippen LogP contribution in [0.25, 0.3) is 27.8 Å². The maximum absolute atomic E-state index is 11.9. The Labute approximate surface area is 412 Å². The molecule has 0 radical (unpaired) electrons. The first kappa shape index (κ1) is 43.7. The van der Waals surface area contributed by atoms with Gasteiger partial charge in [-0.1, -0.05) is 182 Å². The van der Waals surface area contributed by atoms with Crippen LogP contribution in [0.3, 0.4) is 0 Å². The van der Waals surface area contributed by atoms with Crippen molar-refractivity contribution in [2.75, 3.05) is 4.90 Å². The number of aryl methyl sites for hydroxylation is 1. The van der Waals surface area contributed by atoms with Crippen LogP contribution in [0.4, 0.5) is 11.4 Å². The summed E-state index contributed by atoms with van der Waals surface area (Å²) in [6.07, 6.45) is 8.42. The van der Waals surface area contributed by atoms with Gasteiger partial charge in [0.05, 0.1) is 5.41 Å². The van der Waals surface area contributed by atoms with E-state index in [0.717, 1.165) is 39.2 Å². The highest BCUT2D eigenvalue weighted by Gasteiger charge is 2.57. The molecule has 7 aromatic carbocycles. The van der Waals surface area contributed by atoms with Crippen molar-refractivity contribution in [1.29, 1.82) is 0 Å². The summed E-state index contributed by atoms with van der Waals surface area (Å²) < 4.78 is 0. The van der Waals surface area contributed by atoms with Crippen LogP contribution >= 0.6 is 11.8 Å². The second kappa shape index (κ2) is 17.4. The molecule has 1 aliphatic heterocycles. The Morgan fingerprint density at radius 3 is 2.10 bits per heavy atom. The van der Waals surface area contributed by atoms with E-state index in [-0.39, 0.29) is 22.7 Å². The Hall–Kier alpha value is -7.55. The molecule has 70 heavy (non-hydrogen) atoms. The molecule has 7 aromatic rings. The molecule has 344 valence electrons. The van der Waals surface area contributed by atoms with E-state index in [0.29, 0.717) is 13.0 Å². The van der Waals surface area contributed by atoms with Gasteiger partial charge in [-0.15, -0.1) is 11.8 Å². The van der Waals surface area contributed by atoms with Crippen molar-refractivity contribution in [2.24, 2.45) is 5.92 Å². The molecule has 4 aliphatic carbocycles. The van der Waals surface area contributed by atoms with Crippen LogP contribution in [-0.4, -0.2) is 43.0 Å². The standard InChI is InChI=1S/C63H51NO5S/c1-38-15-8-10-21-46(38)47-22-11-9-18-42(47)37-64(44-30-27-40(28-31-44)39-16-4-2-5-17-39)45-32-34-51-52-25-14-24-48(62(52)70-55(51)36-45)41-29-33-50-49-23-12-13-26-53(49)63(54(50)35-41,43-19-6-3-7-20-43)56-57(65)59(67)61(69)60(68)58(56)66/h2-32,34-36,48,50,57,59,62,65-69H,33,37H2,1H3. The van der Waals surface area contributed by atoms with Gasteiger partial charge in [-0.25, -0.2) is 0 Å². The molecule has 1 heterocycles. The zero-order valence-corrected chi connectivity index (χ0v) is 39.3. The van der Waals surface area contributed by atoms with Gasteiger partial charge in [0.15, 0.2) is 17.3 Å². The average Bonchev–Trinajstić information content (AvgIpc) is 3.93. The van der Waals surface area contributed by atoms with Gasteiger partial charge in [-0.05, 0) is 110 Å². The lowest BCUT2D eigenvalue weighted by atomic mass is 9.61. The summed E-state index contributed by atoms with van der Waals surface area (Å²) in [5, 5.41) is 56.9. The van der Waals surface area contributed by atoms with E-state index >= 15 is 0 Å². The lowest BCUT2D eigenvalue weighted by molar-refractivity contribution is 0.0183. The van der Waals surface area contributed by atoms with Gasteiger partial charge in [-0.3, -0.25) is 0 Å². The van der Waals surface area contributed by atoms with Crippen molar-refractivity contribution in [3.05, 3.63) is 274 Å². The molecule has 0 saturated carbocycles. The number of nitrogens with zero attached hydrogens (tertiary/aromatic N) is 1. The van der Waals surface area contributed by atoms with Crippen molar-refractivity contribution >= 4 is 28.7 Å². The van der Waals surface area contributed by atoms with Crippen LogP contribution in [0, 0.1) is 12.8 Å². The molecule has 0 amide bonds. The molecule has 7 heteroatoms. The highest BCUT2D eigenvalue weighted by molar-refractivity contribution is 8.01. The van der Waals surface area contributed by atoms with Crippen molar-refractivity contribution in [3.8, 4) is 22.3 Å². The van der Waals surface area contributed by atoms with Gasteiger partial charge >= 0.3 is 0 Å². The SMILES string of the molecule is Cc1ccccc1-c1ccccc1CN(c1ccc(-c2ccccc2)cc1)c1ccc2c(c1)SC1C2=CC=CC1C1=CCC2C(=C1)C(C1=C(O)C(O)=C(O)C(O)C1O)(c1ccccc1)c1ccccc12. The number of aliphatic hydroxyl groups excluding tert-OH is 5. The summed E-state index contributed by atoms with van der Waals surface area (Å²) in [5.74, 6) is -2.46. The van der Waals surface area contributed by atoms with Crippen molar-refractivity contribution < 1.29 is 25.5 Å². The number of hydrogen-bond acceptors (Lipinski definition) is 7. The predicted molar refractivity (Wildman–Crippen MR) is 282 cm³/mol. The van der Waals surface area contributed by atoms with E-state index in [1.165, 1.54) is 49.4 Å². The molecule has 6 unspecified atom stereocenters. The molecule has 0 bridgehead atoms. The smallest absolute Gasteiger partial charge is 0.198 e. The second-order valence-corrected chi connectivity index (χ2v) is 20.1. The van der Waals surface area contributed by atoms with Gasteiger partial charge in [0, 0.05) is 45.5 Å². The van der Waals surface area contributed by atoms with E-state index in [1.807, 2.05) is 66.4 Å². The summed E-state index contributed by atoms with van der Waals surface area (Å²) in [7, 11) is 0. The van der Waals surface area contributed by atoms with E-state index in [4.69, 9.17) is 0 Å². The molecule has 6 nitrogen and oxygen atoms in total. The number of thioether (sulfide) groups is 1.